The zero-order chi connectivity index (χ0) is 12.8. The fourth-order valence-electron chi connectivity index (χ4n) is 1.70. The number of aryl methyl sites for hydroxylation is 1. The lowest BCUT2D eigenvalue weighted by atomic mass is 10.1. The van der Waals surface area contributed by atoms with Crippen LogP contribution in [0.4, 0.5) is 0 Å². The summed E-state index contributed by atoms with van der Waals surface area (Å²) in [5.41, 5.74) is 1.30. The topological polar surface area (TPSA) is 29.5 Å². The lowest BCUT2D eigenvalue weighted by Crippen LogP contribution is -1.99. The summed E-state index contributed by atoms with van der Waals surface area (Å²) in [7, 11) is 0. The molecular formula is C15H15BrO2. The van der Waals surface area contributed by atoms with Gasteiger partial charge in [0.15, 0.2) is 0 Å². The fraction of sp³-hybridized carbons (Fsp3) is 0.200. The molecule has 2 aromatic carbocycles. The van der Waals surface area contributed by atoms with Crippen molar-refractivity contribution in [1.82, 2.24) is 0 Å². The third-order valence-electron chi connectivity index (χ3n) is 2.60. The number of hydrogen-bond donors (Lipinski definition) is 1. The molecule has 0 heterocycles. The van der Waals surface area contributed by atoms with Gasteiger partial charge in [-0.15, -0.1) is 0 Å². The number of phenolic OH excluding ortho intramolecular Hbond substituents is 1. The van der Waals surface area contributed by atoms with E-state index in [0.717, 1.165) is 23.1 Å². The van der Waals surface area contributed by atoms with Crippen LogP contribution in [0.25, 0.3) is 0 Å². The molecule has 1 N–H and O–H groups in total. The van der Waals surface area contributed by atoms with Gasteiger partial charge in [-0.25, -0.2) is 0 Å². The maximum atomic E-state index is 9.14. The molecule has 0 aliphatic carbocycles. The minimum Gasteiger partial charge on any atom is -0.508 e. The Morgan fingerprint density at radius 3 is 2.56 bits per heavy atom. The van der Waals surface area contributed by atoms with Gasteiger partial charge in [-0.2, -0.15) is 0 Å². The minimum atomic E-state index is 0.261. The molecule has 0 bridgehead atoms. The van der Waals surface area contributed by atoms with Crippen molar-refractivity contribution < 1.29 is 9.84 Å². The number of ether oxygens (including phenoxy) is 1. The molecule has 2 nitrogen and oxygen atoms in total. The first-order valence-electron chi connectivity index (χ1n) is 5.90. The molecule has 0 aliphatic rings. The molecule has 0 radical (unpaired) electrons. The van der Waals surface area contributed by atoms with Crippen molar-refractivity contribution in [3.8, 4) is 11.5 Å². The Bertz CT molecular complexity index is 494. The summed E-state index contributed by atoms with van der Waals surface area (Å²) in [4.78, 5) is 0. The standard InChI is InChI=1S/C15H15BrO2/c16-13-5-1-3-12(11-13)4-2-10-18-15-8-6-14(17)7-9-15/h1,3,5-9,11,17H,2,4,10H2. The maximum Gasteiger partial charge on any atom is 0.119 e. The molecule has 0 spiro atoms. The van der Waals surface area contributed by atoms with E-state index in [1.807, 2.05) is 12.1 Å². The zero-order valence-electron chi connectivity index (χ0n) is 9.97. The first kappa shape index (κ1) is 13.0. The van der Waals surface area contributed by atoms with E-state index < -0.39 is 0 Å². The molecule has 94 valence electrons. The third kappa shape index (κ3) is 4.08. The smallest absolute Gasteiger partial charge is 0.119 e. The number of halogens is 1. The number of phenols is 1. The predicted octanol–water partition coefficient (Wildman–Crippen LogP) is 4.17. The molecule has 0 aromatic heterocycles. The van der Waals surface area contributed by atoms with Gasteiger partial charge in [0, 0.05) is 4.47 Å². The molecule has 0 saturated carbocycles. The van der Waals surface area contributed by atoms with Crippen molar-refractivity contribution in [1.29, 1.82) is 0 Å². The Morgan fingerprint density at radius 1 is 1.06 bits per heavy atom. The van der Waals surface area contributed by atoms with Crippen molar-refractivity contribution in [2.24, 2.45) is 0 Å². The first-order chi connectivity index (χ1) is 8.74. The highest BCUT2D eigenvalue weighted by molar-refractivity contribution is 9.10. The van der Waals surface area contributed by atoms with Crippen LogP contribution in [-0.4, -0.2) is 11.7 Å². The van der Waals surface area contributed by atoms with Crippen LogP contribution in [0.3, 0.4) is 0 Å². The van der Waals surface area contributed by atoms with E-state index in [1.54, 1.807) is 24.3 Å². The SMILES string of the molecule is Oc1ccc(OCCCc2cccc(Br)c2)cc1. The number of hydrogen-bond acceptors (Lipinski definition) is 2. The van der Waals surface area contributed by atoms with Crippen LogP contribution in [0, 0.1) is 0 Å². The van der Waals surface area contributed by atoms with Crippen LogP contribution >= 0.6 is 15.9 Å². The largest absolute Gasteiger partial charge is 0.508 e. The van der Waals surface area contributed by atoms with E-state index in [2.05, 4.69) is 28.1 Å². The Hall–Kier alpha value is -1.48. The van der Waals surface area contributed by atoms with E-state index in [4.69, 9.17) is 9.84 Å². The second kappa shape index (κ2) is 6.45. The van der Waals surface area contributed by atoms with Crippen molar-refractivity contribution in [2.45, 2.75) is 12.8 Å². The lowest BCUT2D eigenvalue weighted by Gasteiger charge is -2.06. The molecule has 0 fully saturated rings. The van der Waals surface area contributed by atoms with Crippen LogP contribution in [0.15, 0.2) is 53.0 Å². The second-order valence-electron chi connectivity index (χ2n) is 4.08. The van der Waals surface area contributed by atoms with Crippen LogP contribution in [0.2, 0.25) is 0 Å². The molecule has 0 atom stereocenters. The monoisotopic (exact) mass is 306 g/mol. The molecule has 2 aromatic rings. The predicted molar refractivity (Wildman–Crippen MR) is 76.1 cm³/mol. The Morgan fingerprint density at radius 2 is 1.83 bits per heavy atom. The molecule has 0 amide bonds. The highest BCUT2D eigenvalue weighted by atomic mass is 79.9. The van der Waals surface area contributed by atoms with Gasteiger partial charge in [0.05, 0.1) is 6.61 Å². The lowest BCUT2D eigenvalue weighted by molar-refractivity contribution is 0.310. The normalized spacial score (nSPS) is 10.3. The van der Waals surface area contributed by atoms with Crippen LogP contribution in [0.5, 0.6) is 11.5 Å². The first-order valence-corrected chi connectivity index (χ1v) is 6.69. The molecule has 0 saturated heterocycles. The van der Waals surface area contributed by atoms with Gasteiger partial charge in [-0.05, 0) is 54.8 Å². The summed E-state index contributed by atoms with van der Waals surface area (Å²) >= 11 is 3.46. The summed E-state index contributed by atoms with van der Waals surface area (Å²) < 4.78 is 6.70. The van der Waals surface area contributed by atoms with Crippen molar-refractivity contribution in [3.63, 3.8) is 0 Å². The van der Waals surface area contributed by atoms with E-state index in [1.165, 1.54) is 5.56 Å². The van der Waals surface area contributed by atoms with E-state index in [0.29, 0.717) is 6.61 Å². The van der Waals surface area contributed by atoms with Gasteiger partial charge in [0.1, 0.15) is 11.5 Å². The Kier molecular flexibility index (Phi) is 4.65. The van der Waals surface area contributed by atoms with E-state index in [9.17, 15) is 0 Å². The molecule has 0 unspecified atom stereocenters. The Balaban J connectivity index is 1.74. The fourth-order valence-corrected chi connectivity index (χ4v) is 2.15. The van der Waals surface area contributed by atoms with Crippen molar-refractivity contribution in [2.75, 3.05) is 6.61 Å². The summed E-state index contributed by atoms with van der Waals surface area (Å²) in [5.74, 6) is 1.05. The highest BCUT2D eigenvalue weighted by Gasteiger charge is 1.97. The quantitative estimate of drug-likeness (QED) is 0.840. The summed E-state index contributed by atoms with van der Waals surface area (Å²) in [6.45, 7) is 0.678. The minimum absolute atomic E-state index is 0.261. The second-order valence-corrected chi connectivity index (χ2v) is 4.99. The summed E-state index contributed by atoms with van der Waals surface area (Å²) in [6.07, 6.45) is 1.97. The number of rotatable bonds is 5. The molecule has 3 heteroatoms. The Labute approximate surface area is 115 Å². The van der Waals surface area contributed by atoms with Crippen molar-refractivity contribution in [3.05, 3.63) is 58.6 Å². The van der Waals surface area contributed by atoms with Gasteiger partial charge < -0.3 is 9.84 Å². The van der Waals surface area contributed by atoms with Crippen LogP contribution < -0.4 is 4.74 Å². The highest BCUT2D eigenvalue weighted by Crippen LogP contribution is 2.17. The maximum absolute atomic E-state index is 9.14. The van der Waals surface area contributed by atoms with Crippen molar-refractivity contribution >= 4 is 15.9 Å². The third-order valence-corrected chi connectivity index (χ3v) is 3.10. The van der Waals surface area contributed by atoms with E-state index in [-0.39, 0.29) is 5.75 Å². The summed E-state index contributed by atoms with van der Waals surface area (Å²) in [6, 6.07) is 15.1. The van der Waals surface area contributed by atoms with Gasteiger partial charge in [0.2, 0.25) is 0 Å². The van der Waals surface area contributed by atoms with Gasteiger partial charge in [-0.3, -0.25) is 0 Å². The van der Waals surface area contributed by atoms with E-state index >= 15 is 0 Å². The molecule has 2 rings (SSSR count). The van der Waals surface area contributed by atoms with Crippen LogP contribution in [-0.2, 0) is 6.42 Å². The average molecular weight is 307 g/mol. The molecular weight excluding hydrogens is 292 g/mol. The van der Waals surface area contributed by atoms with Gasteiger partial charge >= 0.3 is 0 Å². The molecule has 18 heavy (non-hydrogen) atoms. The average Bonchev–Trinajstić information content (AvgIpc) is 2.37. The number of aromatic hydroxyl groups is 1. The van der Waals surface area contributed by atoms with Gasteiger partial charge in [-0.1, -0.05) is 28.1 Å². The zero-order valence-corrected chi connectivity index (χ0v) is 11.6. The number of benzene rings is 2. The van der Waals surface area contributed by atoms with Crippen LogP contribution in [0.1, 0.15) is 12.0 Å². The molecule has 0 aliphatic heterocycles. The summed E-state index contributed by atoms with van der Waals surface area (Å²) in [5, 5.41) is 9.14. The van der Waals surface area contributed by atoms with Gasteiger partial charge in [0.25, 0.3) is 0 Å².